The highest BCUT2D eigenvalue weighted by Gasteiger charge is 2.14. The second-order valence-electron chi connectivity index (χ2n) is 2.70. The number of hydrogen-bond acceptors (Lipinski definition) is 3. The minimum Gasteiger partial charge on any atom is -0.353 e. The van der Waals surface area contributed by atoms with E-state index in [1.165, 1.54) is 11.8 Å². The Kier molecular flexibility index (Phi) is 2.79. The molecule has 0 aliphatic rings. The monoisotopic (exact) mass is 225 g/mol. The van der Waals surface area contributed by atoms with Crippen molar-refractivity contribution in [3.8, 4) is 11.3 Å². The Morgan fingerprint density at radius 2 is 2.00 bits per heavy atom. The molecule has 0 radical (unpaired) electrons. The summed E-state index contributed by atoms with van der Waals surface area (Å²) in [5.74, 6) is 0.636. The van der Waals surface area contributed by atoms with Crippen LogP contribution in [-0.2, 0) is 0 Å². The average molecular weight is 226 g/mol. The van der Waals surface area contributed by atoms with Gasteiger partial charge in [0.25, 0.3) is 0 Å². The third-order valence-corrected chi connectivity index (χ3v) is 2.96. The summed E-state index contributed by atoms with van der Waals surface area (Å²) in [6.07, 6.45) is 1.92. The van der Waals surface area contributed by atoms with Crippen molar-refractivity contribution in [2.24, 2.45) is 0 Å². The second-order valence-corrected chi connectivity index (χ2v) is 3.87. The normalized spacial score (nSPS) is 10.4. The quantitative estimate of drug-likeness (QED) is 0.729. The molecule has 0 saturated carbocycles. The van der Waals surface area contributed by atoms with Crippen LogP contribution in [0.3, 0.4) is 0 Å². The predicted molar refractivity (Wildman–Crippen MR) is 58.7 cm³/mol. The van der Waals surface area contributed by atoms with Gasteiger partial charge >= 0.3 is 0 Å². The Hall–Kier alpha value is -0.930. The first kappa shape index (κ1) is 9.62. The zero-order valence-corrected chi connectivity index (χ0v) is 9.10. The average Bonchev–Trinajstić information content (AvgIpc) is 2.61. The van der Waals surface area contributed by atoms with Gasteiger partial charge in [-0.3, -0.25) is 0 Å². The van der Waals surface area contributed by atoms with Crippen molar-refractivity contribution in [1.82, 2.24) is 5.16 Å². The van der Waals surface area contributed by atoms with Crippen molar-refractivity contribution in [3.05, 3.63) is 35.4 Å². The van der Waals surface area contributed by atoms with E-state index in [0.29, 0.717) is 10.8 Å². The fraction of sp³-hybridized carbons (Fsp3) is 0.100. The van der Waals surface area contributed by atoms with Gasteiger partial charge in [-0.1, -0.05) is 47.1 Å². The summed E-state index contributed by atoms with van der Waals surface area (Å²) in [5.41, 5.74) is 0.949. The zero-order valence-electron chi connectivity index (χ0n) is 7.53. The van der Waals surface area contributed by atoms with Crippen LogP contribution >= 0.6 is 23.4 Å². The Balaban J connectivity index is 2.48. The molecule has 0 aliphatic carbocycles. The van der Waals surface area contributed by atoms with E-state index in [1.54, 1.807) is 0 Å². The molecule has 2 rings (SSSR count). The van der Waals surface area contributed by atoms with Crippen LogP contribution in [0.5, 0.6) is 0 Å². The summed E-state index contributed by atoms with van der Waals surface area (Å²) in [6, 6.07) is 9.70. The van der Waals surface area contributed by atoms with E-state index in [9.17, 15) is 0 Å². The molecule has 72 valence electrons. The Morgan fingerprint density at radius 3 is 2.57 bits per heavy atom. The first-order valence-corrected chi connectivity index (χ1v) is 5.68. The van der Waals surface area contributed by atoms with Gasteiger partial charge in [-0.2, -0.15) is 0 Å². The van der Waals surface area contributed by atoms with Crippen molar-refractivity contribution < 1.29 is 4.52 Å². The van der Waals surface area contributed by atoms with E-state index in [0.717, 1.165) is 10.6 Å². The van der Waals surface area contributed by atoms with Crippen molar-refractivity contribution in [3.63, 3.8) is 0 Å². The van der Waals surface area contributed by atoms with Gasteiger partial charge in [0.15, 0.2) is 10.8 Å². The van der Waals surface area contributed by atoms with E-state index in [1.807, 2.05) is 36.6 Å². The van der Waals surface area contributed by atoms with Crippen LogP contribution in [0.2, 0.25) is 5.02 Å². The highest BCUT2D eigenvalue weighted by atomic mass is 35.5. The standard InChI is InChI=1S/C10H8ClNOS/c1-14-10-8(11)9(13-12-10)7-5-3-2-4-6-7/h2-6H,1H3. The number of hydrogen-bond donors (Lipinski definition) is 0. The number of nitrogens with zero attached hydrogens (tertiary/aromatic N) is 1. The largest absolute Gasteiger partial charge is 0.353 e. The van der Waals surface area contributed by atoms with Crippen LogP contribution < -0.4 is 0 Å². The van der Waals surface area contributed by atoms with E-state index < -0.39 is 0 Å². The van der Waals surface area contributed by atoms with Crippen LogP contribution in [0.25, 0.3) is 11.3 Å². The number of aromatic nitrogens is 1. The Bertz CT molecular complexity index is 427. The molecule has 0 spiro atoms. The summed E-state index contributed by atoms with van der Waals surface area (Å²) in [4.78, 5) is 0. The maximum Gasteiger partial charge on any atom is 0.186 e. The van der Waals surface area contributed by atoms with Crippen LogP contribution in [0.1, 0.15) is 0 Å². The maximum absolute atomic E-state index is 6.08. The predicted octanol–water partition coefficient (Wildman–Crippen LogP) is 3.72. The Labute approximate surface area is 91.2 Å². The van der Waals surface area contributed by atoms with Crippen LogP contribution in [-0.4, -0.2) is 11.4 Å². The molecule has 1 heterocycles. The minimum atomic E-state index is 0.587. The summed E-state index contributed by atoms with van der Waals surface area (Å²) in [7, 11) is 0. The fourth-order valence-corrected chi connectivity index (χ4v) is 1.95. The molecule has 2 aromatic rings. The van der Waals surface area contributed by atoms with E-state index in [2.05, 4.69) is 5.16 Å². The molecule has 0 atom stereocenters. The van der Waals surface area contributed by atoms with Crippen molar-refractivity contribution in [1.29, 1.82) is 0 Å². The number of rotatable bonds is 2. The maximum atomic E-state index is 6.08. The van der Waals surface area contributed by atoms with Crippen LogP contribution in [0, 0.1) is 0 Å². The molecule has 0 bridgehead atoms. The summed E-state index contributed by atoms with van der Waals surface area (Å²) >= 11 is 7.56. The zero-order chi connectivity index (χ0) is 9.97. The molecule has 0 saturated heterocycles. The van der Waals surface area contributed by atoms with Gasteiger partial charge in [0.1, 0.15) is 5.02 Å². The van der Waals surface area contributed by atoms with Gasteiger partial charge in [-0.25, -0.2) is 0 Å². The summed E-state index contributed by atoms with van der Waals surface area (Å²) in [6.45, 7) is 0. The smallest absolute Gasteiger partial charge is 0.186 e. The molecule has 0 N–H and O–H groups in total. The van der Waals surface area contributed by atoms with Gasteiger partial charge in [0, 0.05) is 5.56 Å². The fourth-order valence-electron chi connectivity index (χ4n) is 1.16. The van der Waals surface area contributed by atoms with Gasteiger partial charge in [-0.05, 0) is 6.26 Å². The first-order valence-electron chi connectivity index (χ1n) is 4.07. The van der Waals surface area contributed by atoms with Crippen molar-refractivity contribution in [2.45, 2.75) is 5.03 Å². The highest BCUT2D eigenvalue weighted by Crippen LogP contribution is 2.34. The lowest BCUT2D eigenvalue weighted by molar-refractivity contribution is 0.415. The molecule has 2 nitrogen and oxygen atoms in total. The van der Waals surface area contributed by atoms with E-state index in [4.69, 9.17) is 16.1 Å². The molecule has 4 heteroatoms. The van der Waals surface area contributed by atoms with E-state index >= 15 is 0 Å². The molecular formula is C10H8ClNOS. The van der Waals surface area contributed by atoms with Crippen LogP contribution in [0.15, 0.2) is 39.9 Å². The molecule has 14 heavy (non-hydrogen) atoms. The minimum absolute atomic E-state index is 0.587. The lowest BCUT2D eigenvalue weighted by Crippen LogP contribution is -1.73. The molecular weight excluding hydrogens is 218 g/mol. The summed E-state index contributed by atoms with van der Waals surface area (Å²) in [5, 5.41) is 5.18. The van der Waals surface area contributed by atoms with Crippen molar-refractivity contribution >= 4 is 23.4 Å². The second kappa shape index (κ2) is 4.07. The van der Waals surface area contributed by atoms with Crippen molar-refractivity contribution in [2.75, 3.05) is 6.26 Å². The van der Waals surface area contributed by atoms with Gasteiger partial charge < -0.3 is 4.52 Å². The molecule has 1 aromatic carbocycles. The molecule has 1 aromatic heterocycles. The topological polar surface area (TPSA) is 26.0 Å². The van der Waals surface area contributed by atoms with Gasteiger partial charge in [0.05, 0.1) is 0 Å². The van der Waals surface area contributed by atoms with Gasteiger partial charge in [0.2, 0.25) is 0 Å². The van der Waals surface area contributed by atoms with Gasteiger partial charge in [-0.15, -0.1) is 11.8 Å². The molecule has 0 amide bonds. The lowest BCUT2D eigenvalue weighted by atomic mass is 10.2. The number of benzene rings is 1. The number of thioether (sulfide) groups is 1. The van der Waals surface area contributed by atoms with E-state index in [-0.39, 0.29) is 0 Å². The Morgan fingerprint density at radius 1 is 1.29 bits per heavy atom. The molecule has 0 fully saturated rings. The third-order valence-electron chi connectivity index (χ3n) is 1.84. The van der Waals surface area contributed by atoms with Crippen LogP contribution in [0.4, 0.5) is 0 Å². The summed E-state index contributed by atoms with van der Waals surface area (Å²) < 4.78 is 5.17. The SMILES string of the molecule is CSc1noc(-c2ccccc2)c1Cl. The number of halogens is 1. The third kappa shape index (κ3) is 1.65. The molecule has 0 unspecified atom stereocenters. The lowest BCUT2D eigenvalue weighted by Gasteiger charge is -1.94. The molecule has 0 aliphatic heterocycles. The first-order chi connectivity index (χ1) is 6.83. The highest BCUT2D eigenvalue weighted by molar-refractivity contribution is 7.98.